The van der Waals surface area contributed by atoms with Crippen LogP contribution in [0.2, 0.25) is 0 Å². The van der Waals surface area contributed by atoms with Crippen molar-refractivity contribution in [3.8, 4) is 0 Å². The zero-order valence-corrected chi connectivity index (χ0v) is 51.7. The number of unbranched alkanes of at least 4 members (excludes halogenated alkanes) is 38. The van der Waals surface area contributed by atoms with Crippen LogP contribution in [-0.4, -0.2) is 36.4 Å². The topological polar surface area (TPSA) is 72.8 Å². The number of rotatable bonds is 62. The zero-order valence-electron chi connectivity index (χ0n) is 51.7. The molecule has 0 fully saturated rings. The van der Waals surface area contributed by atoms with Crippen LogP contribution in [0.25, 0.3) is 0 Å². The Morgan fingerprint density at radius 3 is 0.833 bits per heavy atom. The molecule has 0 aliphatic carbocycles. The van der Waals surface area contributed by atoms with Crippen LogP contribution < -0.4 is 0 Å². The second kappa shape index (κ2) is 68.1. The number of aliphatic hydroxyl groups is 1. The Morgan fingerprint density at radius 2 is 0.551 bits per heavy atom. The van der Waals surface area contributed by atoms with Crippen LogP contribution in [0.3, 0.4) is 0 Å². The molecule has 0 heterocycles. The molecule has 0 bridgehead atoms. The van der Waals surface area contributed by atoms with Gasteiger partial charge in [-0.1, -0.05) is 342 Å². The van der Waals surface area contributed by atoms with Gasteiger partial charge in [0.25, 0.3) is 0 Å². The van der Waals surface area contributed by atoms with E-state index in [1.54, 1.807) is 0 Å². The summed E-state index contributed by atoms with van der Waals surface area (Å²) in [5.41, 5.74) is 0. The van der Waals surface area contributed by atoms with Crippen molar-refractivity contribution < 1.29 is 24.2 Å². The molecule has 5 heteroatoms. The first-order valence-corrected chi connectivity index (χ1v) is 33.8. The van der Waals surface area contributed by atoms with E-state index < -0.39 is 6.10 Å². The first-order chi connectivity index (χ1) is 38.6. The smallest absolute Gasteiger partial charge is 0.306 e. The molecule has 0 saturated carbocycles. The Bertz CT molecular complexity index is 1460. The maximum atomic E-state index is 12.3. The van der Waals surface area contributed by atoms with Gasteiger partial charge >= 0.3 is 11.9 Å². The lowest BCUT2D eigenvalue weighted by molar-refractivity contribution is -0.161. The lowest BCUT2D eigenvalue weighted by atomic mass is 10.0. The molecule has 450 valence electrons. The highest BCUT2D eigenvalue weighted by molar-refractivity contribution is 5.70. The number of ether oxygens (including phenoxy) is 2. The molecule has 0 aromatic carbocycles. The summed E-state index contributed by atoms with van der Waals surface area (Å²) < 4.78 is 10.7. The van der Waals surface area contributed by atoms with Gasteiger partial charge in [-0.3, -0.25) is 9.59 Å². The minimum atomic E-state index is -0.792. The Balaban J connectivity index is 3.49. The summed E-state index contributed by atoms with van der Waals surface area (Å²) in [5.74, 6) is -0.612. The fraction of sp³-hybridized carbons (Fsp3) is 0.753. The van der Waals surface area contributed by atoms with Crippen molar-refractivity contribution in [1.82, 2.24) is 0 Å². The number of hydrogen-bond acceptors (Lipinski definition) is 5. The average molecular weight is 1090 g/mol. The molecule has 0 saturated heterocycles. The molecule has 0 amide bonds. The number of allylic oxidation sites excluding steroid dienone is 16. The van der Waals surface area contributed by atoms with Crippen molar-refractivity contribution in [2.24, 2.45) is 0 Å². The number of aliphatic hydroxyl groups excluding tert-OH is 1. The third-order valence-electron chi connectivity index (χ3n) is 14.9. The molecule has 0 spiro atoms. The molecule has 1 unspecified atom stereocenters. The highest BCUT2D eigenvalue weighted by Gasteiger charge is 2.16. The van der Waals surface area contributed by atoms with Gasteiger partial charge in [-0.25, -0.2) is 0 Å². The van der Waals surface area contributed by atoms with E-state index in [2.05, 4.69) is 111 Å². The van der Waals surface area contributed by atoms with E-state index in [0.717, 1.165) is 103 Å². The van der Waals surface area contributed by atoms with E-state index in [1.165, 1.54) is 205 Å². The molecule has 0 radical (unpaired) electrons. The molecule has 0 aromatic heterocycles. The lowest BCUT2D eigenvalue weighted by Gasteiger charge is -2.15. The molecular weight excluding hydrogens is 957 g/mol. The average Bonchev–Trinajstić information content (AvgIpc) is 3.44. The largest absolute Gasteiger partial charge is 0.462 e. The Labute approximate surface area is 485 Å². The van der Waals surface area contributed by atoms with E-state index in [0.29, 0.717) is 12.8 Å². The lowest BCUT2D eigenvalue weighted by Crippen LogP contribution is -2.28. The molecule has 0 aromatic rings. The normalized spacial score (nSPS) is 12.8. The van der Waals surface area contributed by atoms with Gasteiger partial charge in [-0.15, -0.1) is 0 Å². The molecule has 78 heavy (non-hydrogen) atoms. The number of carbonyl (C=O) groups is 2. The summed E-state index contributed by atoms with van der Waals surface area (Å²) in [6, 6.07) is 0. The van der Waals surface area contributed by atoms with Crippen LogP contribution in [0, 0.1) is 0 Å². The van der Waals surface area contributed by atoms with Crippen LogP contribution in [0.1, 0.15) is 335 Å². The second-order valence-electron chi connectivity index (χ2n) is 22.5. The van der Waals surface area contributed by atoms with Crippen molar-refractivity contribution in [3.05, 3.63) is 97.2 Å². The quantitative estimate of drug-likeness (QED) is 0.0373. The maximum Gasteiger partial charge on any atom is 0.306 e. The van der Waals surface area contributed by atoms with Crippen LogP contribution in [-0.2, 0) is 19.1 Å². The monoisotopic (exact) mass is 1080 g/mol. The summed E-state index contributed by atoms with van der Waals surface area (Å²) in [6.07, 6.45) is 97.2. The van der Waals surface area contributed by atoms with Gasteiger partial charge in [-0.05, 0) is 77.0 Å². The first-order valence-electron chi connectivity index (χ1n) is 33.8. The molecular formula is C73H128O5. The van der Waals surface area contributed by atoms with Crippen molar-refractivity contribution in [2.75, 3.05) is 13.2 Å². The maximum absolute atomic E-state index is 12.3. The highest BCUT2D eigenvalue weighted by Crippen LogP contribution is 2.18. The van der Waals surface area contributed by atoms with Crippen molar-refractivity contribution in [3.63, 3.8) is 0 Å². The van der Waals surface area contributed by atoms with E-state index in [4.69, 9.17) is 9.47 Å². The SMILES string of the molecule is CC/C=C\C/C=C\C/C=C\C/C=C\C/C=C\C/C=C\C/C=C\C/C=C\CCCCCCC(=O)OC(CO)COC(=O)CCCCCCCCCCCCCCCCCCCCCCCCCCCCCCCCCCCCC. The molecule has 5 nitrogen and oxygen atoms in total. The van der Waals surface area contributed by atoms with Gasteiger partial charge in [0, 0.05) is 12.8 Å². The number of hydrogen-bond donors (Lipinski definition) is 1. The van der Waals surface area contributed by atoms with Crippen LogP contribution >= 0.6 is 0 Å². The molecule has 0 rings (SSSR count). The Morgan fingerprint density at radius 1 is 0.308 bits per heavy atom. The molecule has 1 atom stereocenters. The van der Waals surface area contributed by atoms with E-state index in [-0.39, 0.29) is 25.2 Å². The number of esters is 2. The van der Waals surface area contributed by atoms with E-state index in [1.807, 2.05) is 0 Å². The second-order valence-corrected chi connectivity index (χ2v) is 22.5. The standard InChI is InChI=1S/C73H128O5/c1-3-5-7-9-11-13-15-17-19-21-23-25-27-29-31-33-34-35-36-37-38-40-41-43-45-47-49-51-53-55-57-59-61-63-65-67-72(75)77-70-71(69-74)78-73(76)68-66-64-62-60-58-56-54-52-50-48-46-44-42-39-32-30-28-26-24-22-20-18-16-14-12-10-8-6-4-2/h6,8,12,14,18,20,24,26,30,32,42,44,48,50,54,56,71,74H,3-5,7,9-11,13,15-17,19,21-23,25,27-29,31,33-41,43,45-47,49,51-53,55,57-70H2,1-2H3/b8-6-,14-12-,20-18-,26-24-,32-30-,44-42-,50-48-,56-54-. The minimum Gasteiger partial charge on any atom is -0.462 e. The highest BCUT2D eigenvalue weighted by atomic mass is 16.6. The van der Waals surface area contributed by atoms with Gasteiger partial charge in [0.05, 0.1) is 6.61 Å². The van der Waals surface area contributed by atoms with Gasteiger partial charge in [-0.2, -0.15) is 0 Å². The summed E-state index contributed by atoms with van der Waals surface area (Å²) >= 11 is 0. The van der Waals surface area contributed by atoms with Crippen LogP contribution in [0.15, 0.2) is 97.2 Å². The van der Waals surface area contributed by atoms with E-state index in [9.17, 15) is 14.7 Å². The van der Waals surface area contributed by atoms with Gasteiger partial charge < -0.3 is 14.6 Å². The van der Waals surface area contributed by atoms with Gasteiger partial charge in [0.15, 0.2) is 6.10 Å². The van der Waals surface area contributed by atoms with Crippen LogP contribution in [0.5, 0.6) is 0 Å². The Kier molecular flexibility index (Phi) is 65.3. The molecule has 1 N–H and O–H groups in total. The molecule has 0 aliphatic rings. The zero-order chi connectivity index (χ0) is 56.2. The third-order valence-corrected chi connectivity index (χ3v) is 14.9. The molecule has 0 aliphatic heterocycles. The van der Waals surface area contributed by atoms with Gasteiger partial charge in [0.1, 0.15) is 6.61 Å². The Hall–Kier alpha value is -3.18. The summed E-state index contributed by atoms with van der Waals surface area (Å²) in [7, 11) is 0. The summed E-state index contributed by atoms with van der Waals surface area (Å²) in [6.45, 7) is 4.04. The van der Waals surface area contributed by atoms with Crippen molar-refractivity contribution >= 4 is 11.9 Å². The van der Waals surface area contributed by atoms with Crippen molar-refractivity contribution in [2.45, 2.75) is 341 Å². The van der Waals surface area contributed by atoms with Crippen molar-refractivity contribution in [1.29, 1.82) is 0 Å². The minimum absolute atomic E-state index is 0.0786. The predicted octanol–water partition coefficient (Wildman–Crippen LogP) is 23.4. The van der Waals surface area contributed by atoms with E-state index >= 15 is 0 Å². The van der Waals surface area contributed by atoms with Crippen LogP contribution in [0.4, 0.5) is 0 Å². The first kappa shape index (κ1) is 74.8. The third kappa shape index (κ3) is 65.3. The summed E-state index contributed by atoms with van der Waals surface area (Å²) in [4.78, 5) is 24.6. The number of carbonyl (C=O) groups excluding carboxylic acids is 2. The van der Waals surface area contributed by atoms with Gasteiger partial charge in [0.2, 0.25) is 0 Å². The summed E-state index contributed by atoms with van der Waals surface area (Å²) in [5, 5.41) is 9.69. The predicted molar refractivity (Wildman–Crippen MR) is 343 cm³/mol. The fourth-order valence-corrected chi connectivity index (χ4v) is 9.87. The fourth-order valence-electron chi connectivity index (χ4n) is 9.87.